The Morgan fingerprint density at radius 3 is 2.58 bits per heavy atom. The fraction of sp³-hybridized carbons (Fsp3) is 0.150. The molecule has 0 aliphatic carbocycles. The lowest BCUT2D eigenvalue weighted by Gasteiger charge is -2.17. The molecule has 0 saturated heterocycles. The lowest BCUT2D eigenvalue weighted by Crippen LogP contribution is -2.29. The maximum Gasteiger partial charge on any atom is 0.244 e. The van der Waals surface area contributed by atoms with E-state index in [1.54, 1.807) is 20.1 Å². The van der Waals surface area contributed by atoms with Gasteiger partial charge in [-0.2, -0.15) is 4.98 Å². The minimum Gasteiger partial charge on any atom is -0.496 e. The first-order valence-corrected chi connectivity index (χ1v) is 8.14. The van der Waals surface area contributed by atoms with E-state index in [0.717, 1.165) is 11.1 Å². The average molecular weight is 349 g/mol. The van der Waals surface area contributed by atoms with Crippen LogP contribution < -0.4 is 10.1 Å². The molecule has 0 aliphatic rings. The number of hydrogen-bond donors (Lipinski definition) is 1. The van der Waals surface area contributed by atoms with Crippen LogP contribution >= 0.6 is 0 Å². The molecule has 0 fully saturated rings. The summed E-state index contributed by atoms with van der Waals surface area (Å²) in [6.45, 7) is 1.70. The molecule has 1 N–H and O–H groups in total. The molecular formula is C20H19N3O3. The number of nitrogens with zero attached hydrogens (tertiary/aromatic N) is 2. The number of para-hydroxylation sites is 1. The van der Waals surface area contributed by atoms with Gasteiger partial charge in [-0.05, 0) is 17.7 Å². The summed E-state index contributed by atoms with van der Waals surface area (Å²) < 4.78 is 10.5. The minimum atomic E-state index is -0.587. The van der Waals surface area contributed by atoms with Gasteiger partial charge < -0.3 is 14.6 Å². The van der Waals surface area contributed by atoms with E-state index in [2.05, 4.69) is 15.5 Å². The van der Waals surface area contributed by atoms with E-state index in [1.165, 1.54) is 6.08 Å². The van der Waals surface area contributed by atoms with E-state index < -0.39 is 6.04 Å². The Bertz CT molecular complexity index is 903. The van der Waals surface area contributed by atoms with Gasteiger partial charge in [-0.15, -0.1) is 0 Å². The number of carbonyl (C=O) groups is 1. The van der Waals surface area contributed by atoms with Crippen molar-refractivity contribution in [2.75, 3.05) is 7.11 Å². The first-order valence-electron chi connectivity index (χ1n) is 8.14. The van der Waals surface area contributed by atoms with Crippen molar-refractivity contribution in [3.05, 3.63) is 83.5 Å². The third-order valence-electron chi connectivity index (χ3n) is 3.76. The Morgan fingerprint density at radius 1 is 1.15 bits per heavy atom. The summed E-state index contributed by atoms with van der Waals surface area (Å²) in [6.07, 6.45) is 3.22. The zero-order valence-corrected chi connectivity index (χ0v) is 14.5. The van der Waals surface area contributed by atoms with Crippen LogP contribution in [0.15, 0.2) is 65.2 Å². The Kier molecular flexibility index (Phi) is 5.43. The highest BCUT2D eigenvalue weighted by Gasteiger charge is 2.24. The van der Waals surface area contributed by atoms with Crippen LogP contribution in [0, 0.1) is 6.92 Å². The molecule has 6 nitrogen and oxygen atoms in total. The summed E-state index contributed by atoms with van der Waals surface area (Å²) in [4.78, 5) is 16.7. The Balaban J connectivity index is 1.87. The SMILES string of the molecule is COc1ccccc1C(NC(=O)C=Cc1ccccc1)c1noc(C)n1. The van der Waals surface area contributed by atoms with Crippen LogP contribution in [0.3, 0.4) is 0 Å². The molecule has 1 amide bonds. The van der Waals surface area contributed by atoms with E-state index in [4.69, 9.17) is 9.26 Å². The van der Waals surface area contributed by atoms with Gasteiger partial charge in [0.15, 0.2) is 5.82 Å². The van der Waals surface area contributed by atoms with Crippen molar-refractivity contribution < 1.29 is 14.1 Å². The predicted molar refractivity (Wildman–Crippen MR) is 97.5 cm³/mol. The minimum absolute atomic E-state index is 0.271. The summed E-state index contributed by atoms with van der Waals surface area (Å²) in [5.41, 5.74) is 1.68. The number of hydrogen-bond acceptors (Lipinski definition) is 5. The fourth-order valence-electron chi connectivity index (χ4n) is 2.54. The van der Waals surface area contributed by atoms with E-state index >= 15 is 0 Å². The number of rotatable bonds is 6. The molecule has 1 atom stereocenters. The van der Waals surface area contributed by atoms with Gasteiger partial charge in [0.1, 0.15) is 11.8 Å². The van der Waals surface area contributed by atoms with Gasteiger partial charge in [-0.25, -0.2) is 0 Å². The summed E-state index contributed by atoms with van der Waals surface area (Å²) >= 11 is 0. The van der Waals surface area contributed by atoms with Crippen molar-refractivity contribution in [2.24, 2.45) is 0 Å². The molecule has 0 bridgehead atoms. The van der Waals surface area contributed by atoms with Crippen molar-refractivity contribution in [3.63, 3.8) is 0 Å². The Labute approximate surface area is 151 Å². The molecule has 6 heteroatoms. The number of carbonyl (C=O) groups excluding carboxylic acids is 1. The highest BCUT2D eigenvalue weighted by Crippen LogP contribution is 2.28. The number of aromatic nitrogens is 2. The summed E-state index contributed by atoms with van der Waals surface area (Å²) in [5.74, 6) is 1.15. The summed E-state index contributed by atoms with van der Waals surface area (Å²) in [5, 5.41) is 6.88. The summed E-state index contributed by atoms with van der Waals surface area (Å²) in [7, 11) is 1.58. The highest BCUT2D eigenvalue weighted by atomic mass is 16.5. The lowest BCUT2D eigenvalue weighted by atomic mass is 10.0. The number of ether oxygens (including phenoxy) is 1. The number of amides is 1. The normalized spacial score (nSPS) is 12.1. The largest absolute Gasteiger partial charge is 0.496 e. The third-order valence-corrected chi connectivity index (χ3v) is 3.76. The monoisotopic (exact) mass is 349 g/mol. The molecule has 0 spiro atoms. The van der Waals surface area contributed by atoms with Crippen LogP contribution in [0.1, 0.15) is 28.9 Å². The quantitative estimate of drug-likeness (QED) is 0.691. The zero-order valence-electron chi connectivity index (χ0n) is 14.5. The van der Waals surface area contributed by atoms with Gasteiger partial charge in [-0.1, -0.05) is 53.7 Å². The number of methoxy groups -OCH3 is 1. The highest BCUT2D eigenvalue weighted by molar-refractivity contribution is 5.92. The van der Waals surface area contributed by atoms with Crippen LogP contribution in [0.2, 0.25) is 0 Å². The van der Waals surface area contributed by atoms with Crippen molar-refractivity contribution in [1.29, 1.82) is 0 Å². The second-order valence-corrected chi connectivity index (χ2v) is 5.60. The van der Waals surface area contributed by atoms with E-state index in [9.17, 15) is 4.79 Å². The van der Waals surface area contributed by atoms with Gasteiger partial charge in [-0.3, -0.25) is 4.79 Å². The van der Waals surface area contributed by atoms with Gasteiger partial charge in [0.25, 0.3) is 0 Å². The molecule has 1 unspecified atom stereocenters. The molecule has 0 radical (unpaired) electrons. The number of benzene rings is 2. The zero-order chi connectivity index (χ0) is 18.4. The van der Waals surface area contributed by atoms with Crippen molar-refractivity contribution >= 4 is 12.0 Å². The van der Waals surface area contributed by atoms with Gasteiger partial charge >= 0.3 is 0 Å². The molecule has 26 heavy (non-hydrogen) atoms. The predicted octanol–water partition coefficient (Wildman–Crippen LogP) is 3.31. The van der Waals surface area contributed by atoms with E-state index in [0.29, 0.717) is 17.5 Å². The molecule has 3 aromatic rings. The van der Waals surface area contributed by atoms with Crippen molar-refractivity contribution in [3.8, 4) is 5.75 Å². The standard InChI is InChI=1S/C20H19N3O3/c1-14-21-20(23-26-14)19(16-10-6-7-11-17(16)25-2)22-18(24)13-12-15-8-4-3-5-9-15/h3-13,19H,1-2H3,(H,22,24). The van der Waals surface area contributed by atoms with E-state index in [1.807, 2.05) is 54.6 Å². The van der Waals surface area contributed by atoms with Gasteiger partial charge in [0.2, 0.25) is 11.8 Å². The smallest absolute Gasteiger partial charge is 0.244 e. The lowest BCUT2D eigenvalue weighted by molar-refractivity contribution is -0.117. The Hall–Kier alpha value is -3.41. The van der Waals surface area contributed by atoms with Crippen LogP contribution in [0.4, 0.5) is 0 Å². The number of aryl methyl sites for hydroxylation is 1. The van der Waals surface area contributed by atoms with Crippen LogP contribution in [-0.4, -0.2) is 23.2 Å². The Morgan fingerprint density at radius 2 is 1.88 bits per heavy atom. The molecule has 132 valence electrons. The van der Waals surface area contributed by atoms with Crippen LogP contribution in [-0.2, 0) is 4.79 Å². The molecular weight excluding hydrogens is 330 g/mol. The molecule has 1 heterocycles. The van der Waals surface area contributed by atoms with E-state index in [-0.39, 0.29) is 5.91 Å². The molecule has 2 aromatic carbocycles. The van der Waals surface area contributed by atoms with Gasteiger partial charge in [0.05, 0.1) is 7.11 Å². The fourth-order valence-corrected chi connectivity index (χ4v) is 2.54. The van der Waals surface area contributed by atoms with Gasteiger partial charge in [0, 0.05) is 18.6 Å². The molecule has 3 rings (SSSR count). The second-order valence-electron chi connectivity index (χ2n) is 5.60. The first-order chi connectivity index (χ1) is 12.7. The maximum atomic E-state index is 12.5. The number of nitrogens with one attached hydrogen (secondary N) is 1. The first kappa shape index (κ1) is 17.4. The molecule has 0 saturated carbocycles. The second kappa shape index (κ2) is 8.11. The summed E-state index contributed by atoms with van der Waals surface area (Å²) in [6, 6.07) is 16.4. The topological polar surface area (TPSA) is 77.2 Å². The average Bonchev–Trinajstić information content (AvgIpc) is 3.11. The van der Waals surface area contributed by atoms with Crippen LogP contribution in [0.5, 0.6) is 5.75 Å². The van der Waals surface area contributed by atoms with Crippen molar-refractivity contribution in [2.45, 2.75) is 13.0 Å². The van der Waals surface area contributed by atoms with Crippen molar-refractivity contribution in [1.82, 2.24) is 15.5 Å². The molecule has 1 aromatic heterocycles. The van der Waals surface area contributed by atoms with Crippen LogP contribution in [0.25, 0.3) is 6.08 Å². The maximum absolute atomic E-state index is 12.5. The molecule has 0 aliphatic heterocycles. The third kappa shape index (κ3) is 4.16.